The predicted octanol–water partition coefficient (Wildman–Crippen LogP) is 2.37. The van der Waals surface area contributed by atoms with Crippen LogP contribution in [0.25, 0.3) is 0 Å². The summed E-state index contributed by atoms with van der Waals surface area (Å²) >= 11 is 0. The van der Waals surface area contributed by atoms with Gasteiger partial charge in [-0.1, -0.05) is 26.0 Å². The van der Waals surface area contributed by atoms with E-state index < -0.39 is 0 Å². The normalized spacial score (nSPS) is 13.7. The van der Waals surface area contributed by atoms with Gasteiger partial charge in [-0.3, -0.25) is 0 Å². The number of rotatable bonds is 5. The standard InChI is InChI=1S/C14H23NO2/c1-10-5-6-12(13(17)7-10)11(2)15-8-14(3,4)9-16/h5-7,11,15-17H,8-9H2,1-4H3. The van der Waals surface area contributed by atoms with Crippen LogP contribution < -0.4 is 5.32 Å². The molecule has 1 aromatic carbocycles. The smallest absolute Gasteiger partial charge is 0.120 e. The van der Waals surface area contributed by atoms with Crippen molar-refractivity contribution >= 4 is 0 Å². The van der Waals surface area contributed by atoms with E-state index in [1.165, 1.54) is 0 Å². The monoisotopic (exact) mass is 237 g/mol. The average Bonchev–Trinajstić information content (AvgIpc) is 2.26. The van der Waals surface area contributed by atoms with Crippen molar-refractivity contribution in [2.45, 2.75) is 33.7 Å². The fourth-order valence-corrected chi connectivity index (χ4v) is 1.62. The van der Waals surface area contributed by atoms with Gasteiger partial charge in [0.05, 0.1) is 0 Å². The molecule has 0 aliphatic heterocycles. The molecular weight excluding hydrogens is 214 g/mol. The summed E-state index contributed by atoms with van der Waals surface area (Å²) in [6.45, 7) is 8.82. The van der Waals surface area contributed by atoms with E-state index in [0.29, 0.717) is 12.3 Å². The van der Waals surface area contributed by atoms with Crippen LogP contribution >= 0.6 is 0 Å². The van der Waals surface area contributed by atoms with Crippen LogP contribution in [0.4, 0.5) is 0 Å². The first-order valence-electron chi connectivity index (χ1n) is 5.99. The van der Waals surface area contributed by atoms with E-state index in [4.69, 9.17) is 0 Å². The molecule has 1 aromatic rings. The van der Waals surface area contributed by atoms with Crippen molar-refractivity contribution in [3.05, 3.63) is 29.3 Å². The topological polar surface area (TPSA) is 52.5 Å². The molecule has 0 heterocycles. The zero-order valence-corrected chi connectivity index (χ0v) is 11.1. The molecule has 0 bridgehead atoms. The third kappa shape index (κ3) is 4.02. The molecule has 1 atom stereocenters. The number of aryl methyl sites for hydroxylation is 1. The Labute approximate surface area is 103 Å². The van der Waals surface area contributed by atoms with Crippen molar-refractivity contribution in [1.29, 1.82) is 0 Å². The van der Waals surface area contributed by atoms with Crippen LogP contribution in [0.1, 0.15) is 37.9 Å². The zero-order chi connectivity index (χ0) is 13.1. The number of aromatic hydroxyl groups is 1. The van der Waals surface area contributed by atoms with E-state index in [2.05, 4.69) is 5.32 Å². The third-order valence-electron chi connectivity index (χ3n) is 2.97. The molecule has 3 nitrogen and oxygen atoms in total. The van der Waals surface area contributed by atoms with Crippen LogP contribution in [-0.2, 0) is 0 Å². The van der Waals surface area contributed by atoms with E-state index in [1.807, 2.05) is 39.8 Å². The fraction of sp³-hybridized carbons (Fsp3) is 0.571. The maximum atomic E-state index is 9.86. The highest BCUT2D eigenvalue weighted by Gasteiger charge is 2.18. The van der Waals surface area contributed by atoms with Crippen LogP contribution in [0, 0.1) is 12.3 Å². The maximum Gasteiger partial charge on any atom is 0.120 e. The molecule has 3 heteroatoms. The summed E-state index contributed by atoms with van der Waals surface area (Å²) in [7, 11) is 0. The lowest BCUT2D eigenvalue weighted by molar-refractivity contribution is 0.153. The summed E-state index contributed by atoms with van der Waals surface area (Å²) in [5.74, 6) is 0.326. The van der Waals surface area contributed by atoms with Crippen LogP contribution in [0.2, 0.25) is 0 Å². The first kappa shape index (κ1) is 14.0. The van der Waals surface area contributed by atoms with Gasteiger partial charge in [0.25, 0.3) is 0 Å². The minimum absolute atomic E-state index is 0.0708. The molecular formula is C14H23NO2. The second-order valence-electron chi connectivity index (χ2n) is 5.49. The highest BCUT2D eigenvalue weighted by atomic mass is 16.3. The quantitative estimate of drug-likeness (QED) is 0.737. The fourth-order valence-electron chi connectivity index (χ4n) is 1.62. The largest absolute Gasteiger partial charge is 0.508 e. The summed E-state index contributed by atoms with van der Waals surface area (Å²) in [6, 6.07) is 5.77. The third-order valence-corrected chi connectivity index (χ3v) is 2.97. The first-order valence-corrected chi connectivity index (χ1v) is 5.99. The Morgan fingerprint density at radius 3 is 2.53 bits per heavy atom. The van der Waals surface area contributed by atoms with Gasteiger partial charge < -0.3 is 15.5 Å². The van der Waals surface area contributed by atoms with Crippen molar-refractivity contribution in [3.8, 4) is 5.75 Å². The number of hydrogen-bond donors (Lipinski definition) is 3. The van der Waals surface area contributed by atoms with Crippen molar-refractivity contribution in [1.82, 2.24) is 5.32 Å². The number of aliphatic hydroxyl groups excluding tert-OH is 1. The predicted molar refractivity (Wildman–Crippen MR) is 70.1 cm³/mol. The van der Waals surface area contributed by atoms with Gasteiger partial charge in [0.15, 0.2) is 0 Å². The molecule has 96 valence electrons. The van der Waals surface area contributed by atoms with Crippen molar-refractivity contribution in [3.63, 3.8) is 0 Å². The Bertz CT molecular complexity index is 374. The summed E-state index contributed by atoms with van der Waals surface area (Å²) in [4.78, 5) is 0. The Hall–Kier alpha value is -1.06. The number of phenols is 1. The van der Waals surface area contributed by atoms with Crippen LogP contribution in [0.5, 0.6) is 5.75 Å². The highest BCUT2D eigenvalue weighted by Crippen LogP contribution is 2.25. The van der Waals surface area contributed by atoms with E-state index in [0.717, 1.165) is 11.1 Å². The number of benzene rings is 1. The van der Waals surface area contributed by atoms with Crippen molar-refractivity contribution < 1.29 is 10.2 Å². The lowest BCUT2D eigenvalue weighted by Gasteiger charge is -2.25. The molecule has 0 aliphatic rings. The highest BCUT2D eigenvalue weighted by molar-refractivity contribution is 5.37. The molecule has 0 aromatic heterocycles. The average molecular weight is 237 g/mol. The number of phenolic OH excluding ortho intramolecular Hbond substituents is 1. The van der Waals surface area contributed by atoms with Gasteiger partial charge in [0.1, 0.15) is 5.75 Å². The Kier molecular flexibility index (Phi) is 4.54. The molecule has 1 unspecified atom stereocenters. The van der Waals surface area contributed by atoms with Gasteiger partial charge in [0.2, 0.25) is 0 Å². The summed E-state index contributed by atoms with van der Waals surface area (Å²) in [5.41, 5.74) is 1.80. The second kappa shape index (κ2) is 5.52. The molecule has 17 heavy (non-hydrogen) atoms. The maximum absolute atomic E-state index is 9.86. The molecule has 0 spiro atoms. The molecule has 0 fully saturated rings. The minimum Gasteiger partial charge on any atom is -0.508 e. The first-order chi connectivity index (χ1) is 7.85. The summed E-state index contributed by atoms with van der Waals surface area (Å²) in [6.07, 6.45) is 0. The van der Waals surface area contributed by atoms with E-state index in [-0.39, 0.29) is 18.1 Å². The molecule has 0 amide bonds. The Balaban J connectivity index is 2.67. The van der Waals surface area contributed by atoms with Gasteiger partial charge in [0, 0.05) is 30.2 Å². The molecule has 0 saturated carbocycles. The molecule has 0 radical (unpaired) electrons. The molecule has 0 aliphatic carbocycles. The molecule has 0 saturated heterocycles. The van der Waals surface area contributed by atoms with Gasteiger partial charge in [-0.25, -0.2) is 0 Å². The summed E-state index contributed by atoms with van der Waals surface area (Å²) in [5, 5.41) is 22.4. The van der Waals surface area contributed by atoms with E-state index in [9.17, 15) is 10.2 Å². The number of hydrogen-bond acceptors (Lipinski definition) is 3. The van der Waals surface area contributed by atoms with Crippen LogP contribution in [0.15, 0.2) is 18.2 Å². The van der Waals surface area contributed by atoms with Crippen molar-refractivity contribution in [2.24, 2.45) is 5.41 Å². The van der Waals surface area contributed by atoms with Gasteiger partial charge >= 0.3 is 0 Å². The molecule has 1 rings (SSSR count). The van der Waals surface area contributed by atoms with Gasteiger partial charge in [-0.2, -0.15) is 0 Å². The van der Waals surface area contributed by atoms with Crippen molar-refractivity contribution in [2.75, 3.05) is 13.2 Å². The lowest BCUT2D eigenvalue weighted by Crippen LogP contribution is -2.33. The van der Waals surface area contributed by atoms with E-state index in [1.54, 1.807) is 6.07 Å². The number of aliphatic hydroxyl groups is 1. The Morgan fingerprint density at radius 1 is 1.35 bits per heavy atom. The van der Waals surface area contributed by atoms with E-state index >= 15 is 0 Å². The summed E-state index contributed by atoms with van der Waals surface area (Å²) < 4.78 is 0. The second-order valence-corrected chi connectivity index (χ2v) is 5.49. The minimum atomic E-state index is -0.144. The SMILES string of the molecule is Cc1ccc(C(C)NCC(C)(C)CO)c(O)c1. The van der Waals surface area contributed by atoms with Crippen LogP contribution in [0.3, 0.4) is 0 Å². The van der Waals surface area contributed by atoms with Gasteiger partial charge in [-0.05, 0) is 25.5 Å². The zero-order valence-electron chi connectivity index (χ0n) is 11.1. The van der Waals surface area contributed by atoms with Gasteiger partial charge in [-0.15, -0.1) is 0 Å². The van der Waals surface area contributed by atoms with Crippen LogP contribution in [-0.4, -0.2) is 23.4 Å². The number of nitrogens with one attached hydrogen (secondary N) is 1. The Morgan fingerprint density at radius 2 is 2.00 bits per heavy atom. The molecule has 3 N–H and O–H groups in total. The lowest BCUT2D eigenvalue weighted by atomic mass is 9.94.